The van der Waals surface area contributed by atoms with Crippen molar-refractivity contribution in [1.29, 1.82) is 0 Å². The van der Waals surface area contributed by atoms with Gasteiger partial charge in [0.1, 0.15) is 0 Å². The van der Waals surface area contributed by atoms with Crippen molar-refractivity contribution in [2.45, 2.75) is 0 Å². The molecule has 0 unspecified atom stereocenters. The summed E-state index contributed by atoms with van der Waals surface area (Å²) in [5.41, 5.74) is 0. The van der Waals surface area contributed by atoms with Crippen LogP contribution in [0.15, 0.2) is 0 Å². The summed E-state index contributed by atoms with van der Waals surface area (Å²) in [4.78, 5) is 0. The Bertz CT molecular complexity index is 20.0. The van der Waals surface area contributed by atoms with Crippen molar-refractivity contribution < 1.29 is 0 Å². The van der Waals surface area contributed by atoms with Crippen LogP contribution in [-0.2, 0) is 0 Å². The molecule has 3 heteroatoms. The fourth-order valence-corrected chi connectivity index (χ4v) is 0. The predicted molar refractivity (Wildman–Crippen MR) is 27.0 cm³/mol. The van der Waals surface area contributed by atoms with E-state index in [1.54, 1.807) is 13.0 Å². The van der Waals surface area contributed by atoms with Gasteiger partial charge in [-0.1, -0.05) is 0 Å². The number of thiocarbonyl (C=S) groups is 1. The van der Waals surface area contributed by atoms with Gasteiger partial charge in [0.25, 0.3) is 0 Å². The van der Waals surface area contributed by atoms with Crippen LogP contribution in [0.1, 0.15) is 0 Å². The van der Waals surface area contributed by atoms with Crippen LogP contribution in [-0.4, -0.2) is 29.0 Å². The first-order valence-corrected chi connectivity index (χ1v) is 6.79. The zero-order valence-electron chi connectivity index (χ0n) is 1.89. The molecule has 0 aliphatic heterocycles. The van der Waals surface area contributed by atoms with Gasteiger partial charge in [-0.05, 0) is 0 Å². The summed E-state index contributed by atoms with van der Waals surface area (Å²) < 4.78 is 1.69. The second kappa shape index (κ2) is 4.36. The van der Waals surface area contributed by atoms with Crippen molar-refractivity contribution in [1.82, 2.24) is 0 Å². The van der Waals surface area contributed by atoms with E-state index in [2.05, 4.69) is 12.2 Å². The van der Waals surface area contributed by atoms with E-state index >= 15 is 0 Å². The van der Waals surface area contributed by atoms with Gasteiger partial charge >= 0.3 is 49.5 Å². The molecule has 0 aromatic heterocycles. The van der Waals surface area contributed by atoms with Crippen molar-refractivity contribution in [3.63, 3.8) is 0 Å². The molecule has 0 aliphatic carbocycles. The van der Waals surface area contributed by atoms with E-state index in [9.17, 15) is 0 Å². The molecule has 0 fully saturated rings. The van der Waals surface area contributed by atoms with Crippen LogP contribution in [0.25, 0.3) is 0 Å². The van der Waals surface area contributed by atoms with Crippen molar-refractivity contribution in [3.8, 4) is 0 Å². The zero-order valence-corrected chi connectivity index (χ0v) is 7.41. The predicted octanol–water partition coefficient (Wildman–Crippen LogP) is 0.760. The van der Waals surface area contributed by atoms with Gasteiger partial charge < -0.3 is 0 Å². The van der Waals surface area contributed by atoms with Crippen LogP contribution in [0, 0.1) is 0 Å². The quantitative estimate of drug-likeness (QED) is 0.515. The summed E-state index contributed by atoms with van der Waals surface area (Å²) in [6, 6.07) is 0. The monoisotopic (exact) mass is 285 g/mol. The number of hydrogen-bond acceptors (Lipinski definition) is 2. The second-order valence-electron chi connectivity index (χ2n) is 0.214. The van der Waals surface area contributed by atoms with Crippen LogP contribution in [0.3, 0.4) is 0 Å². The number of hydrogen-bond donors (Lipinski definition) is 0. The summed E-state index contributed by atoms with van der Waals surface area (Å²) in [7, 11) is 1.69. The summed E-state index contributed by atoms with van der Waals surface area (Å²) in [6.45, 7) is 0. The first-order valence-electron chi connectivity index (χ1n) is 0.676. The summed E-state index contributed by atoms with van der Waals surface area (Å²) in [6.07, 6.45) is 0. The zero-order chi connectivity index (χ0) is 3.41. The molecule has 0 saturated carbocycles. The maximum absolute atomic E-state index is 4.43. The molecule has 0 atom stereocenters. The molecule has 0 N–H and O–H groups in total. The van der Waals surface area contributed by atoms with E-state index in [-0.39, 0.29) is 0 Å². The van der Waals surface area contributed by atoms with Crippen LogP contribution < -0.4 is 0 Å². The Hall–Kier alpha value is 1.36. The van der Waals surface area contributed by atoms with Gasteiger partial charge in [0.15, 0.2) is 0 Å². The minimum atomic E-state index is 1.15. The Kier molecular flexibility index (Phi) is 5.85. The van der Waals surface area contributed by atoms with Gasteiger partial charge in [0.2, 0.25) is 0 Å². The first-order chi connectivity index (χ1) is 1.91. The Morgan fingerprint density at radius 1 is 2.00 bits per heavy atom. The molecule has 0 heterocycles. The summed E-state index contributed by atoms with van der Waals surface area (Å²) >= 11 is 5.57. The topological polar surface area (TPSA) is 0 Å². The summed E-state index contributed by atoms with van der Waals surface area (Å²) in [5.74, 6) is 0. The van der Waals surface area contributed by atoms with E-state index in [0.29, 0.717) is 0 Å². The normalized spacial score (nSPS) is 6.25. The molecule has 0 aliphatic rings. The standard InChI is InChI=1S/CH2S2.Pb/c2-1-3;/h1H,(H,2,3);/q;+1/p-1. The Morgan fingerprint density at radius 3 is 2.25 bits per heavy atom. The van der Waals surface area contributed by atoms with E-state index in [4.69, 9.17) is 0 Å². The minimum absolute atomic E-state index is 1.15. The van der Waals surface area contributed by atoms with Crippen molar-refractivity contribution in [2.75, 3.05) is 0 Å². The van der Waals surface area contributed by atoms with Gasteiger partial charge in [-0.2, -0.15) is 0 Å². The van der Waals surface area contributed by atoms with Crippen molar-refractivity contribution in [3.05, 3.63) is 0 Å². The van der Waals surface area contributed by atoms with Crippen LogP contribution in [0.5, 0.6) is 0 Å². The van der Waals surface area contributed by atoms with Gasteiger partial charge in [0, 0.05) is 0 Å². The van der Waals surface area contributed by atoms with E-state index < -0.39 is 0 Å². The molecule has 0 aromatic rings. The third-order valence-corrected chi connectivity index (χ3v) is 3.80. The fourth-order valence-electron chi connectivity index (χ4n) is 0. The molecular weight excluding hydrogens is 283 g/mol. The Labute approximate surface area is 49.2 Å². The van der Waals surface area contributed by atoms with Crippen LogP contribution >= 0.6 is 20.5 Å². The Morgan fingerprint density at radius 2 is 2.25 bits per heavy atom. The first kappa shape index (κ1) is 5.36. The van der Waals surface area contributed by atoms with Crippen molar-refractivity contribution in [2.24, 2.45) is 0 Å². The molecule has 0 rings (SSSR count). The van der Waals surface area contributed by atoms with Crippen molar-refractivity contribution >= 4 is 49.5 Å². The Balaban J connectivity index is 2.30. The average Bonchev–Trinajstić information content (AvgIpc) is 1.37. The van der Waals surface area contributed by atoms with Gasteiger partial charge in [0.05, 0.1) is 0 Å². The molecule has 0 saturated heterocycles. The fraction of sp³-hybridized carbons (Fsp3) is 0. The van der Waals surface area contributed by atoms with E-state index in [0.717, 1.165) is 24.3 Å². The maximum atomic E-state index is 4.43. The molecule has 4 heavy (non-hydrogen) atoms. The van der Waals surface area contributed by atoms with Gasteiger partial charge in [-0.3, -0.25) is 0 Å². The van der Waals surface area contributed by atoms with Crippen LogP contribution in [0.2, 0.25) is 0 Å². The molecule has 0 spiro atoms. The molecule has 0 nitrogen and oxygen atoms in total. The number of rotatable bonds is 1. The van der Waals surface area contributed by atoms with Gasteiger partial charge in [-0.25, -0.2) is 0 Å². The molecular formula is CHPbS2. The van der Waals surface area contributed by atoms with E-state index in [1.165, 1.54) is 0 Å². The molecule has 3 radical (unpaired) electrons. The third kappa shape index (κ3) is 3.36. The average molecular weight is 284 g/mol. The molecule has 21 valence electrons. The van der Waals surface area contributed by atoms with Crippen LogP contribution in [0.4, 0.5) is 0 Å². The molecule has 0 aromatic carbocycles. The summed E-state index contributed by atoms with van der Waals surface area (Å²) in [5, 5.41) is 0. The third-order valence-electron chi connectivity index (χ3n) is 0.0481. The van der Waals surface area contributed by atoms with E-state index in [1.807, 2.05) is 0 Å². The molecule has 0 amide bonds. The molecule has 0 bridgehead atoms. The second-order valence-corrected chi connectivity index (χ2v) is 3.97. The SMILES string of the molecule is S=C[S][Pb]. The van der Waals surface area contributed by atoms with Gasteiger partial charge in [-0.15, -0.1) is 0 Å².